The molecule has 0 spiro atoms. The van der Waals surface area contributed by atoms with Crippen LogP contribution >= 0.6 is 11.3 Å². The van der Waals surface area contributed by atoms with Crippen LogP contribution in [0.1, 0.15) is 23.5 Å². The summed E-state index contributed by atoms with van der Waals surface area (Å²) in [5.74, 6) is -0.268. The normalized spacial score (nSPS) is 20.9. The van der Waals surface area contributed by atoms with Gasteiger partial charge in [-0.1, -0.05) is 0 Å². The Morgan fingerprint density at radius 3 is 3.25 bits per heavy atom. The summed E-state index contributed by atoms with van der Waals surface area (Å²) in [5.41, 5.74) is 0.671. The van der Waals surface area contributed by atoms with Gasteiger partial charge in [-0.3, -0.25) is 4.79 Å². The molecule has 1 saturated heterocycles. The molecule has 1 atom stereocenters. The number of aliphatic carboxylic acids is 1. The van der Waals surface area contributed by atoms with Crippen molar-refractivity contribution in [3.8, 4) is 0 Å². The Bertz CT molecular complexity index is 358. The largest absolute Gasteiger partial charge is 0.481 e. The molecule has 16 heavy (non-hydrogen) atoms. The van der Waals surface area contributed by atoms with Crippen molar-refractivity contribution in [2.45, 2.75) is 25.7 Å². The van der Waals surface area contributed by atoms with Crippen LogP contribution < -0.4 is 0 Å². The summed E-state index contributed by atoms with van der Waals surface area (Å²) in [6.07, 6.45) is 3.26. The zero-order valence-electron chi connectivity index (χ0n) is 9.02. The molecule has 4 nitrogen and oxygen atoms in total. The summed E-state index contributed by atoms with van der Waals surface area (Å²) >= 11 is 1.56. The highest BCUT2D eigenvalue weighted by molar-refractivity contribution is 7.09. The van der Waals surface area contributed by atoms with Crippen LogP contribution in [-0.4, -0.2) is 29.3 Å². The van der Waals surface area contributed by atoms with E-state index in [1.54, 1.807) is 11.3 Å². The Balaban J connectivity index is 1.88. The first kappa shape index (κ1) is 11.5. The molecule has 1 aromatic heterocycles. The fraction of sp³-hybridized carbons (Fsp3) is 0.636. The lowest BCUT2D eigenvalue weighted by atomic mass is 9.99. The average molecular weight is 241 g/mol. The van der Waals surface area contributed by atoms with Crippen LogP contribution in [0.2, 0.25) is 0 Å². The third-order valence-electron chi connectivity index (χ3n) is 2.65. The van der Waals surface area contributed by atoms with Crippen LogP contribution in [-0.2, 0) is 22.4 Å². The minimum atomic E-state index is -0.821. The number of nitrogens with zero attached hydrogens (tertiary/aromatic N) is 1. The van der Waals surface area contributed by atoms with E-state index in [0.29, 0.717) is 11.6 Å². The first-order valence-corrected chi connectivity index (χ1v) is 6.35. The molecule has 0 aliphatic carbocycles. The molecular weight excluding hydrogens is 226 g/mol. The number of hydrogen-bond acceptors (Lipinski definition) is 4. The summed E-state index contributed by atoms with van der Waals surface area (Å²) in [6.45, 7) is 1.69. The SMILES string of the molecule is O=C(O)Cc1csc(CC2CCCOC2)n1. The lowest BCUT2D eigenvalue weighted by molar-refractivity contribution is -0.136. The maximum Gasteiger partial charge on any atom is 0.309 e. The van der Waals surface area contributed by atoms with Crippen LogP contribution in [0.4, 0.5) is 0 Å². The Morgan fingerprint density at radius 2 is 2.56 bits per heavy atom. The first-order chi connectivity index (χ1) is 7.74. The van der Waals surface area contributed by atoms with E-state index in [1.165, 1.54) is 6.42 Å². The molecule has 2 heterocycles. The Hall–Kier alpha value is -0.940. The smallest absolute Gasteiger partial charge is 0.309 e. The average Bonchev–Trinajstić information content (AvgIpc) is 2.66. The number of thiazole rings is 1. The summed E-state index contributed by atoms with van der Waals surface area (Å²) < 4.78 is 5.41. The van der Waals surface area contributed by atoms with Crippen molar-refractivity contribution in [2.24, 2.45) is 5.92 Å². The zero-order valence-corrected chi connectivity index (χ0v) is 9.83. The van der Waals surface area contributed by atoms with E-state index < -0.39 is 5.97 Å². The van der Waals surface area contributed by atoms with Crippen molar-refractivity contribution < 1.29 is 14.6 Å². The Labute approximate surface area is 98.3 Å². The molecule has 1 aliphatic heterocycles. The number of hydrogen-bond donors (Lipinski definition) is 1. The van der Waals surface area contributed by atoms with Gasteiger partial charge in [0.1, 0.15) is 0 Å². The van der Waals surface area contributed by atoms with Crippen LogP contribution in [0.25, 0.3) is 0 Å². The molecule has 1 N–H and O–H groups in total. The Morgan fingerprint density at radius 1 is 1.69 bits per heavy atom. The van der Waals surface area contributed by atoms with Crippen LogP contribution in [0.3, 0.4) is 0 Å². The minimum Gasteiger partial charge on any atom is -0.481 e. The number of carboxylic acids is 1. The summed E-state index contributed by atoms with van der Waals surface area (Å²) in [4.78, 5) is 14.8. The van der Waals surface area contributed by atoms with Gasteiger partial charge in [0, 0.05) is 25.0 Å². The molecule has 0 saturated carbocycles. The first-order valence-electron chi connectivity index (χ1n) is 5.47. The molecule has 1 fully saturated rings. The maximum absolute atomic E-state index is 10.5. The standard InChI is InChI=1S/C11H15NO3S/c13-11(14)5-9-7-16-10(12-9)4-8-2-1-3-15-6-8/h7-8H,1-6H2,(H,13,14). The lowest BCUT2D eigenvalue weighted by Crippen LogP contribution is -2.19. The van der Waals surface area contributed by atoms with Gasteiger partial charge >= 0.3 is 5.97 Å². The van der Waals surface area contributed by atoms with Crippen molar-refractivity contribution in [3.63, 3.8) is 0 Å². The minimum absolute atomic E-state index is 0.0255. The van der Waals surface area contributed by atoms with E-state index in [1.807, 2.05) is 5.38 Å². The molecule has 1 aromatic rings. The molecule has 0 radical (unpaired) electrons. The van der Waals surface area contributed by atoms with Crippen molar-refractivity contribution >= 4 is 17.3 Å². The van der Waals surface area contributed by atoms with Gasteiger partial charge in [0.25, 0.3) is 0 Å². The van der Waals surface area contributed by atoms with Crippen LogP contribution in [0.15, 0.2) is 5.38 Å². The molecule has 0 aromatic carbocycles. The molecule has 0 bridgehead atoms. The fourth-order valence-electron chi connectivity index (χ4n) is 1.89. The third-order valence-corrected chi connectivity index (χ3v) is 3.57. The van der Waals surface area contributed by atoms with Gasteiger partial charge in [-0.05, 0) is 18.8 Å². The fourth-order valence-corrected chi connectivity index (χ4v) is 2.80. The molecule has 88 valence electrons. The van der Waals surface area contributed by atoms with Gasteiger partial charge in [0.2, 0.25) is 0 Å². The molecule has 0 amide bonds. The molecular formula is C11H15NO3S. The summed E-state index contributed by atoms with van der Waals surface area (Å²) in [5, 5.41) is 11.5. The zero-order chi connectivity index (χ0) is 11.4. The quantitative estimate of drug-likeness (QED) is 0.872. The summed E-state index contributed by atoms with van der Waals surface area (Å²) in [7, 11) is 0. The lowest BCUT2D eigenvalue weighted by Gasteiger charge is -2.20. The van der Waals surface area contributed by atoms with Crippen molar-refractivity contribution in [3.05, 3.63) is 16.1 Å². The van der Waals surface area contributed by atoms with E-state index >= 15 is 0 Å². The van der Waals surface area contributed by atoms with E-state index in [-0.39, 0.29) is 6.42 Å². The van der Waals surface area contributed by atoms with Crippen molar-refractivity contribution in [1.82, 2.24) is 4.98 Å². The van der Waals surface area contributed by atoms with Gasteiger partial charge in [0.15, 0.2) is 0 Å². The predicted molar refractivity (Wildman–Crippen MR) is 60.7 cm³/mol. The number of carboxylic acid groups (broad SMARTS) is 1. The summed E-state index contributed by atoms with van der Waals surface area (Å²) in [6, 6.07) is 0. The highest BCUT2D eigenvalue weighted by Crippen LogP contribution is 2.21. The molecule has 1 aliphatic rings. The highest BCUT2D eigenvalue weighted by Gasteiger charge is 2.16. The molecule has 5 heteroatoms. The number of ether oxygens (including phenoxy) is 1. The highest BCUT2D eigenvalue weighted by atomic mass is 32.1. The number of carbonyl (C=O) groups is 1. The predicted octanol–water partition coefficient (Wildman–Crippen LogP) is 1.74. The van der Waals surface area contributed by atoms with Crippen molar-refractivity contribution in [1.29, 1.82) is 0 Å². The van der Waals surface area contributed by atoms with Crippen molar-refractivity contribution in [2.75, 3.05) is 13.2 Å². The maximum atomic E-state index is 10.5. The number of aromatic nitrogens is 1. The second-order valence-electron chi connectivity index (χ2n) is 4.09. The topological polar surface area (TPSA) is 59.4 Å². The van der Waals surface area contributed by atoms with Gasteiger partial charge in [0.05, 0.1) is 17.1 Å². The third kappa shape index (κ3) is 3.28. The second kappa shape index (κ2) is 5.41. The van der Waals surface area contributed by atoms with E-state index in [4.69, 9.17) is 9.84 Å². The Kier molecular flexibility index (Phi) is 3.90. The van der Waals surface area contributed by atoms with E-state index in [2.05, 4.69) is 4.98 Å². The second-order valence-corrected chi connectivity index (χ2v) is 5.03. The monoisotopic (exact) mass is 241 g/mol. The van der Waals surface area contributed by atoms with Gasteiger partial charge in [-0.25, -0.2) is 4.98 Å². The van der Waals surface area contributed by atoms with E-state index in [0.717, 1.165) is 31.1 Å². The van der Waals surface area contributed by atoms with Crippen LogP contribution in [0, 0.1) is 5.92 Å². The van der Waals surface area contributed by atoms with E-state index in [9.17, 15) is 4.79 Å². The van der Waals surface area contributed by atoms with Gasteiger partial charge < -0.3 is 9.84 Å². The molecule has 1 unspecified atom stereocenters. The van der Waals surface area contributed by atoms with Gasteiger partial charge in [-0.15, -0.1) is 11.3 Å². The van der Waals surface area contributed by atoms with Crippen LogP contribution in [0.5, 0.6) is 0 Å². The molecule has 2 rings (SSSR count). The number of rotatable bonds is 4. The van der Waals surface area contributed by atoms with Gasteiger partial charge in [-0.2, -0.15) is 0 Å².